The zero-order valence-corrected chi connectivity index (χ0v) is 23.5. The molecule has 2 saturated heterocycles. The van der Waals surface area contributed by atoms with Crippen molar-refractivity contribution in [2.75, 3.05) is 26.1 Å². The van der Waals surface area contributed by atoms with Crippen molar-refractivity contribution >= 4 is 33.0 Å². The highest BCUT2D eigenvalue weighted by molar-refractivity contribution is 7.90. The van der Waals surface area contributed by atoms with Gasteiger partial charge in [0.1, 0.15) is 17.6 Å². The number of carbonyl (C=O) groups excluding carboxylic acids is 2. The number of hydrogen-bond donors (Lipinski definition) is 0. The Morgan fingerprint density at radius 2 is 1.87 bits per heavy atom. The molecule has 38 heavy (non-hydrogen) atoms. The zero-order chi connectivity index (χ0) is 27.5. The van der Waals surface area contributed by atoms with Crippen LogP contribution in [-0.4, -0.2) is 56.8 Å². The number of benzene rings is 1. The number of ether oxygens (including phenoxy) is 3. The molecule has 0 amide bonds. The number of hydrogen-bond acceptors (Lipinski definition) is 8. The second-order valence-electron chi connectivity index (χ2n) is 10.5. The van der Waals surface area contributed by atoms with E-state index in [1.54, 1.807) is 30.5 Å². The molecule has 1 aromatic heterocycles. The van der Waals surface area contributed by atoms with E-state index in [9.17, 15) is 18.0 Å². The van der Waals surface area contributed by atoms with Crippen LogP contribution < -0.4 is 0 Å². The predicted octanol–water partition coefficient (Wildman–Crippen LogP) is 5.10. The summed E-state index contributed by atoms with van der Waals surface area (Å²) in [5.41, 5.74) is 1.78. The Morgan fingerprint density at radius 1 is 1.13 bits per heavy atom. The van der Waals surface area contributed by atoms with Gasteiger partial charge in [0.25, 0.3) is 0 Å². The molecule has 0 bridgehead atoms. The highest BCUT2D eigenvalue weighted by Crippen LogP contribution is 2.35. The Hall–Kier alpha value is -2.17. The van der Waals surface area contributed by atoms with Crippen molar-refractivity contribution < 1.29 is 32.2 Å². The van der Waals surface area contributed by atoms with Gasteiger partial charge in [0.05, 0.1) is 16.5 Å². The Labute approximate surface area is 228 Å². The average Bonchev–Trinajstić information content (AvgIpc) is 3.25. The average molecular weight is 564 g/mol. The van der Waals surface area contributed by atoms with Gasteiger partial charge in [-0.2, -0.15) is 0 Å². The molecule has 2 unspecified atom stereocenters. The monoisotopic (exact) mass is 563 g/mol. The molecule has 0 spiro atoms. The van der Waals surface area contributed by atoms with Crippen molar-refractivity contribution in [3.63, 3.8) is 0 Å². The van der Waals surface area contributed by atoms with Gasteiger partial charge in [0.2, 0.25) is 0 Å². The van der Waals surface area contributed by atoms with Gasteiger partial charge < -0.3 is 14.2 Å². The fourth-order valence-corrected chi connectivity index (χ4v) is 6.29. The second-order valence-corrected chi connectivity index (χ2v) is 12.9. The second kappa shape index (κ2) is 11.9. The Balaban J connectivity index is 1.44. The lowest BCUT2D eigenvalue weighted by atomic mass is 9.81. The summed E-state index contributed by atoms with van der Waals surface area (Å²) >= 11 is 6.30. The summed E-state index contributed by atoms with van der Waals surface area (Å²) in [6.45, 7) is 5.40. The van der Waals surface area contributed by atoms with E-state index in [-0.39, 0.29) is 40.4 Å². The minimum absolute atomic E-state index is 0.0285. The van der Waals surface area contributed by atoms with Gasteiger partial charge in [0.15, 0.2) is 21.4 Å². The Bertz CT molecular complexity index is 1270. The maximum Gasteiger partial charge on any atom is 0.181 e. The third-order valence-corrected chi connectivity index (χ3v) is 8.69. The number of Topliss-reactive ketones (excluding diaryl/α,β-unsaturated/α-hetero) is 2. The Morgan fingerprint density at radius 3 is 2.45 bits per heavy atom. The molecule has 3 heterocycles. The van der Waals surface area contributed by atoms with Crippen LogP contribution in [0.1, 0.15) is 79.6 Å². The zero-order valence-electron chi connectivity index (χ0n) is 21.9. The fourth-order valence-electron chi connectivity index (χ4n) is 4.95. The van der Waals surface area contributed by atoms with Crippen LogP contribution in [0.2, 0.25) is 5.02 Å². The summed E-state index contributed by atoms with van der Waals surface area (Å²) in [5, 5.41) is 0.0928. The van der Waals surface area contributed by atoms with Crippen molar-refractivity contribution in [1.29, 1.82) is 0 Å². The van der Waals surface area contributed by atoms with Crippen LogP contribution in [0.15, 0.2) is 41.4 Å². The number of sulfone groups is 1. The third-order valence-electron chi connectivity index (χ3n) is 7.11. The van der Waals surface area contributed by atoms with Crippen molar-refractivity contribution in [3.05, 3.63) is 58.4 Å². The largest absolute Gasteiger partial charge is 0.381 e. The molecule has 2 aromatic rings. The number of pyridine rings is 1. The summed E-state index contributed by atoms with van der Waals surface area (Å²) in [7, 11) is -3.49. The molecule has 2 fully saturated rings. The first-order valence-corrected chi connectivity index (χ1v) is 15.1. The van der Waals surface area contributed by atoms with Crippen molar-refractivity contribution in [1.82, 2.24) is 4.98 Å². The lowest BCUT2D eigenvalue weighted by Crippen LogP contribution is -2.22. The molecule has 2 atom stereocenters. The van der Waals surface area contributed by atoms with Gasteiger partial charge in [0, 0.05) is 50.0 Å². The van der Waals surface area contributed by atoms with Gasteiger partial charge in [-0.05, 0) is 62.8 Å². The van der Waals surface area contributed by atoms with Crippen LogP contribution in [0.4, 0.5) is 0 Å². The molecular formula is C28H34ClNO7S. The number of ketones is 2. The number of carbonyl (C=O) groups is 2. The van der Waals surface area contributed by atoms with Gasteiger partial charge in [-0.1, -0.05) is 23.7 Å². The van der Waals surface area contributed by atoms with Crippen molar-refractivity contribution in [3.8, 4) is 0 Å². The standard InChI is InChI=1S/C28H34ClNO7S/c1-28(2)36-17-26(37-28)20-4-6-23(30-16-20)25(32)8-7-24(31)21(14-18-10-12-35-13-11-18)19-5-9-27(22(29)15-19)38(3,33)34/h4-6,9,15-16,18,21,26H,7-8,10-14,17H2,1-3H3. The van der Waals surface area contributed by atoms with E-state index in [1.165, 1.54) is 6.07 Å². The van der Waals surface area contributed by atoms with Gasteiger partial charge in [-0.3, -0.25) is 14.6 Å². The summed E-state index contributed by atoms with van der Waals surface area (Å²) < 4.78 is 40.9. The predicted molar refractivity (Wildman–Crippen MR) is 142 cm³/mol. The molecule has 0 saturated carbocycles. The number of aromatic nitrogens is 1. The Kier molecular flexibility index (Phi) is 9.04. The molecule has 2 aliphatic heterocycles. The van der Waals surface area contributed by atoms with E-state index in [0.29, 0.717) is 43.4 Å². The summed E-state index contributed by atoms with van der Waals surface area (Å²) in [6, 6.07) is 8.13. The van der Waals surface area contributed by atoms with Gasteiger partial charge in [-0.25, -0.2) is 8.42 Å². The summed E-state index contributed by atoms with van der Waals surface area (Å²) in [5.74, 6) is -1.15. The van der Waals surface area contributed by atoms with E-state index in [1.807, 2.05) is 13.8 Å². The summed E-state index contributed by atoms with van der Waals surface area (Å²) in [4.78, 5) is 30.6. The molecule has 1 aromatic carbocycles. The van der Waals surface area contributed by atoms with E-state index < -0.39 is 21.5 Å². The third kappa shape index (κ3) is 7.27. The smallest absolute Gasteiger partial charge is 0.181 e. The van der Waals surface area contributed by atoms with Crippen LogP contribution in [-0.2, 0) is 28.8 Å². The molecule has 10 heteroatoms. The van der Waals surface area contributed by atoms with Gasteiger partial charge >= 0.3 is 0 Å². The fraction of sp³-hybridized carbons (Fsp3) is 0.536. The topological polar surface area (TPSA) is 109 Å². The minimum atomic E-state index is -3.49. The van der Waals surface area contributed by atoms with E-state index in [2.05, 4.69) is 4.98 Å². The van der Waals surface area contributed by atoms with E-state index in [4.69, 9.17) is 25.8 Å². The first-order valence-electron chi connectivity index (χ1n) is 12.8. The first kappa shape index (κ1) is 28.8. The number of rotatable bonds is 10. The molecule has 206 valence electrons. The lowest BCUT2D eigenvalue weighted by Gasteiger charge is -2.26. The molecule has 0 N–H and O–H groups in total. The maximum atomic E-state index is 13.4. The van der Waals surface area contributed by atoms with Crippen LogP contribution >= 0.6 is 11.6 Å². The lowest BCUT2D eigenvalue weighted by molar-refractivity contribution is -0.139. The molecule has 4 rings (SSSR count). The molecule has 0 radical (unpaired) electrons. The highest BCUT2D eigenvalue weighted by atomic mass is 35.5. The van der Waals surface area contributed by atoms with Crippen molar-refractivity contribution in [2.24, 2.45) is 5.92 Å². The van der Waals surface area contributed by atoms with Crippen LogP contribution in [0, 0.1) is 5.92 Å². The first-order chi connectivity index (χ1) is 17.9. The summed E-state index contributed by atoms with van der Waals surface area (Å²) in [6.07, 6.45) is 4.84. The van der Waals surface area contributed by atoms with Crippen molar-refractivity contribution in [2.45, 2.75) is 68.7 Å². The van der Waals surface area contributed by atoms with E-state index in [0.717, 1.165) is 24.7 Å². The minimum Gasteiger partial charge on any atom is -0.381 e. The highest BCUT2D eigenvalue weighted by Gasteiger charge is 2.34. The quantitative estimate of drug-likeness (QED) is 0.367. The molecule has 2 aliphatic rings. The normalized spacial score (nSPS) is 20.8. The van der Waals surface area contributed by atoms with Crippen LogP contribution in [0.25, 0.3) is 0 Å². The SMILES string of the molecule is CC1(C)OCC(c2ccc(C(=O)CCC(=O)C(CC3CCOCC3)c3ccc(S(C)(=O)=O)c(Cl)c3)nc2)O1. The number of nitrogens with zero attached hydrogens (tertiary/aromatic N) is 1. The van der Waals surface area contributed by atoms with Gasteiger partial charge in [-0.15, -0.1) is 0 Å². The van der Waals surface area contributed by atoms with E-state index >= 15 is 0 Å². The van der Waals surface area contributed by atoms with Crippen LogP contribution in [0.5, 0.6) is 0 Å². The molecule has 0 aliphatic carbocycles. The maximum absolute atomic E-state index is 13.4. The number of halogens is 1. The molecular weight excluding hydrogens is 530 g/mol. The molecule has 8 nitrogen and oxygen atoms in total. The van der Waals surface area contributed by atoms with Crippen LogP contribution in [0.3, 0.4) is 0 Å².